The van der Waals surface area contributed by atoms with Crippen LogP contribution >= 0.6 is 0 Å². The number of aromatic nitrogens is 3. The Morgan fingerprint density at radius 3 is 2.65 bits per heavy atom. The Labute approximate surface area is 175 Å². The van der Waals surface area contributed by atoms with E-state index in [-0.39, 0.29) is 23.9 Å². The lowest BCUT2D eigenvalue weighted by Gasteiger charge is -2.28. The smallest absolute Gasteiger partial charge is 0.258 e. The summed E-state index contributed by atoms with van der Waals surface area (Å²) in [6.07, 6.45) is 1.92. The average Bonchev–Trinajstić information content (AvgIpc) is 3.11. The normalized spacial score (nSPS) is 15.0. The van der Waals surface area contributed by atoms with Crippen LogP contribution in [0.25, 0.3) is 11.3 Å². The molecule has 2 aliphatic rings. The molecule has 0 spiro atoms. The minimum atomic E-state index is -1.51. The molecule has 160 valence electrons. The highest BCUT2D eigenvalue weighted by Crippen LogP contribution is 2.35. The zero-order valence-corrected chi connectivity index (χ0v) is 16.5. The molecule has 4 heterocycles. The van der Waals surface area contributed by atoms with E-state index in [1.165, 1.54) is 10.9 Å². The number of ether oxygens (including phenoxy) is 2. The van der Waals surface area contributed by atoms with Crippen molar-refractivity contribution in [2.24, 2.45) is 7.05 Å². The largest absolute Gasteiger partial charge is 0.484 e. The van der Waals surface area contributed by atoms with Gasteiger partial charge in [0, 0.05) is 30.9 Å². The molecule has 0 atom stereocenters. The van der Waals surface area contributed by atoms with Gasteiger partial charge >= 0.3 is 0 Å². The van der Waals surface area contributed by atoms with E-state index >= 15 is 0 Å². The third kappa shape index (κ3) is 3.18. The summed E-state index contributed by atoms with van der Waals surface area (Å²) >= 11 is 0. The molecule has 0 N–H and O–H groups in total. The van der Waals surface area contributed by atoms with Gasteiger partial charge in [0.25, 0.3) is 11.8 Å². The molecule has 10 heteroatoms. The van der Waals surface area contributed by atoms with E-state index in [0.717, 1.165) is 17.7 Å². The lowest BCUT2D eigenvalue weighted by molar-refractivity contribution is 0.0720. The van der Waals surface area contributed by atoms with Crippen molar-refractivity contribution in [1.29, 1.82) is 0 Å². The number of rotatable bonds is 2. The molecule has 2 aromatic heterocycles. The summed E-state index contributed by atoms with van der Waals surface area (Å²) < 4.78 is 53.4. The van der Waals surface area contributed by atoms with Crippen LogP contribution in [0.5, 0.6) is 11.6 Å². The number of halogens is 3. The maximum Gasteiger partial charge on any atom is 0.258 e. The Morgan fingerprint density at radius 1 is 1.13 bits per heavy atom. The molecule has 0 bridgehead atoms. The van der Waals surface area contributed by atoms with Crippen LogP contribution in [0, 0.1) is 17.5 Å². The molecule has 0 aliphatic carbocycles. The van der Waals surface area contributed by atoms with Crippen LogP contribution in [0.4, 0.5) is 13.2 Å². The van der Waals surface area contributed by atoms with E-state index in [0.29, 0.717) is 48.9 Å². The molecule has 3 aromatic rings. The van der Waals surface area contributed by atoms with Gasteiger partial charge in [0.2, 0.25) is 0 Å². The highest BCUT2D eigenvalue weighted by Gasteiger charge is 2.31. The first-order chi connectivity index (χ1) is 14.9. The maximum absolute atomic E-state index is 13.8. The predicted molar refractivity (Wildman–Crippen MR) is 102 cm³/mol. The van der Waals surface area contributed by atoms with Crippen molar-refractivity contribution >= 4 is 5.91 Å². The Morgan fingerprint density at radius 2 is 1.87 bits per heavy atom. The van der Waals surface area contributed by atoms with Gasteiger partial charge in [-0.05, 0) is 24.6 Å². The molecular weight excluding hydrogens is 413 g/mol. The zero-order valence-electron chi connectivity index (χ0n) is 16.5. The molecule has 0 fully saturated rings. The summed E-state index contributed by atoms with van der Waals surface area (Å²) in [5, 5.41) is 4.44. The van der Waals surface area contributed by atoms with E-state index in [2.05, 4.69) is 10.1 Å². The SMILES string of the molecule is Cn1nc2c(c1-c1cc(F)c(F)c(F)c1)CCN(C(=O)c1ccnc3c1OCCO3)C2. The quantitative estimate of drug-likeness (QED) is 0.585. The van der Waals surface area contributed by atoms with Crippen molar-refractivity contribution < 1.29 is 27.4 Å². The average molecular weight is 430 g/mol. The standard InChI is InChI=1S/C21H17F3N4O3/c1-27-18(11-8-14(22)17(24)15(23)9-11)12-3-5-28(10-16(12)26-27)21(29)13-2-4-25-20-19(13)30-6-7-31-20/h2,4,8-9H,3,5-7,10H2,1H3. The van der Waals surface area contributed by atoms with Gasteiger partial charge in [-0.25, -0.2) is 18.2 Å². The van der Waals surface area contributed by atoms with Crippen molar-refractivity contribution in [2.45, 2.75) is 13.0 Å². The highest BCUT2D eigenvalue weighted by molar-refractivity contribution is 5.97. The first-order valence-corrected chi connectivity index (χ1v) is 9.67. The maximum atomic E-state index is 13.8. The fourth-order valence-corrected chi connectivity index (χ4v) is 4.04. The fourth-order valence-electron chi connectivity index (χ4n) is 4.04. The number of hydrogen-bond donors (Lipinski definition) is 0. The summed E-state index contributed by atoms with van der Waals surface area (Å²) in [4.78, 5) is 18.9. The van der Waals surface area contributed by atoms with Gasteiger partial charge in [-0.1, -0.05) is 0 Å². The van der Waals surface area contributed by atoms with Crippen LogP contribution in [-0.2, 0) is 20.0 Å². The van der Waals surface area contributed by atoms with Gasteiger partial charge in [0.15, 0.2) is 23.2 Å². The lowest BCUT2D eigenvalue weighted by atomic mass is 9.99. The summed E-state index contributed by atoms with van der Waals surface area (Å²) in [5.41, 5.74) is 2.43. The number of hydrogen-bond acceptors (Lipinski definition) is 5. The number of carbonyl (C=O) groups excluding carboxylic acids is 1. The Kier molecular flexibility index (Phi) is 4.57. The number of pyridine rings is 1. The minimum absolute atomic E-state index is 0.196. The van der Waals surface area contributed by atoms with Gasteiger partial charge in [-0.3, -0.25) is 9.48 Å². The second kappa shape index (κ2) is 7.29. The fraction of sp³-hybridized carbons (Fsp3) is 0.286. The highest BCUT2D eigenvalue weighted by atomic mass is 19.2. The molecule has 7 nitrogen and oxygen atoms in total. The molecule has 1 aromatic carbocycles. The third-order valence-corrected chi connectivity index (χ3v) is 5.42. The van der Waals surface area contributed by atoms with Crippen LogP contribution < -0.4 is 9.47 Å². The van der Waals surface area contributed by atoms with Gasteiger partial charge in [-0.2, -0.15) is 5.10 Å². The molecule has 1 amide bonds. The van der Waals surface area contributed by atoms with E-state index in [1.807, 2.05) is 0 Å². The Hall–Kier alpha value is -3.56. The molecule has 5 rings (SSSR count). The van der Waals surface area contributed by atoms with E-state index in [1.54, 1.807) is 18.0 Å². The van der Waals surface area contributed by atoms with Gasteiger partial charge < -0.3 is 14.4 Å². The number of nitrogens with zero attached hydrogens (tertiary/aromatic N) is 4. The zero-order chi connectivity index (χ0) is 21.7. The number of carbonyl (C=O) groups is 1. The molecule has 0 saturated carbocycles. The second-order valence-electron chi connectivity index (χ2n) is 7.32. The third-order valence-electron chi connectivity index (χ3n) is 5.42. The molecule has 2 aliphatic heterocycles. The molecule has 31 heavy (non-hydrogen) atoms. The second-order valence-corrected chi connectivity index (χ2v) is 7.32. The summed E-state index contributed by atoms with van der Waals surface area (Å²) in [6, 6.07) is 3.49. The Balaban J connectivity index is 1.46. The van der Waals surface area contributed by atoms with E-state index in [9.17, 15) is 18.0 Å². The van der Waals surface area contributed by atoms with Crippen LogP contribution in [0.15, 0.2) is 24.4 Å². The van der Waals surface area contributed by atoms with E-state index in [4.69, 9.17) is 9.47 Å². The van der Waals surface area contributed by atoms with E-state index < -0.39 is 17.5 Å². The van der Waals surface area contributed by atoms with Crippen molar-refractivity contribution in [3.63, 3.8) is 0 Å². The predicted octanol–water partition coefficient (Wildman–Crippen LogP) is 2.87. The number of benzene rings is 1. The first-order valence-electron chi connectivity index (χ1n) is 9.67. The Bertz CT molecular complexity index is 1190. The van der Waals surface area contributed by atoms with Crippen LogP contribution in [0.1, 0.15) is 21.6 Å². The number of aryl methyl sites for hydroxylation is 1. The summed E-state index contributed by atoms with van der Waals surface area (Å²) in [7, 11) is 1.64. The molecule has 0 unspecified atom stereocenters. The number of amides is 1. The monoisotopic (exact) mass is 430 g/mol. The summed E-state index contributed by atoms with van der Waals surface area (Å²) in [6.45, 7) is 1.28. The van der Waals surface area contributed by atoms with Gasteiger partial charge in [0.1, 0.15) is 13.2 Å². The minimum Gasteiger partial charge on any atom is -0.484 e. The first kappa shape index (κ1) is 19.4. The van der Waals surface area contributed by atoms with Gasteiger partial charge in [0.05, 0.1) is 23.5 Å². The summed E-state index contributed by atoms with van der Waals surface area (Å²) in [5.74, 6) is -3.67. The van der Waals surface area contributed by atoms with Gasteiger partial charge in [-0.15, -0.1) is 0 Å². The molecule has 0 saturated heterocycles. The van der Waals surface area contributed by atoms with Crippen LogP contribution in [0.2, 0.25) is 0 Å². The topological polar surface area (TPSA) is 69.5 Å². The van der Waals surface area contributed by atoms with Crippen molar-refractivity contribution in [3.05, 3.63) is 58.7 Å². The lowest BCUT2D eigenvalue weighted by Crippen LogP contribution is -2.36. The van der Waals surface area contributed by atoms with Crippen molar-refractivity contribution in [2.75, 3.05) is 19.8 Å². The molecular formula is C21H17F3N4O3. The van der Waals surface area contributed by atoms with Crippen molar-refractivity contribution in [1.82, 2.24) is 19.7 Å². The van der Waals surface area contributed by atoms with Crippen LogP contribution in [-0.4, -0.2) is 45.3 Å². The molecule has 0 radical (unpaired) electrons. The number of fused-ring (bicyclic) bond motifs is 2. The van der Waals surface area contributed by atoms with Crippen LogP contribution in [0.3, 0.4) is 0 Å². The van der Waals surface area contributed by atoms with Crippen molar-refractivity contribution in [3.8, 4) is 22.9 Å².